The third-order valence-electron chi connectivity index (χ3n) is 2.89. The monoisotopic (exact) mass is 232 g/mol. The zero-order chi connectivity index (χ0) is 11.4. The first-order valence-corrected chi connectivity index (χ1v) is 6.73. The zero-order valence-electron chi connectivity index (χ0n) is 9.49. The second kappa shape index (κ2) is 4.80. The Morgan fingerprint density at radius 1 is 1.38 bits per heavy atom. The SMILES string of the molecule is Cc1ccc(NC2(C#N)CCCSC2)cc1. The molecule has 0 amide bonds. The van der Waals surface area contributed by atoms with Gasteiger partial charge in [-0.3, -0.25) is 0 Å². The molecule has 0 radical (unpaired) electrons. The molecule has 1 N–H and O–H groups in total. The molecular formula is C13H16N2S. The van der Waals surface area contributed by atoms with Crippen LogP contribution in [0.2, 0.25) is 0 Å². The summed E-state index contributed by atoms with van der Waals surface area (Å²) in [4.78, 5) is 0. The summed E-state index contributed by atoms with van der Waals surface area (Å²) in [6.07, 6.45) is 2.07. The fourth-order valence-electron chi connectivity index (χ4n) is 1.92. The summed E-state index contributed by atoms with van der Waals surface area (Å²) >= 11 is 1.86. The molecule has 1 aliphatic heterocycles. The number of rotatable bonds is 2. The normalized spacial score (nSPS) is 24.8. The highest BCUT2D eigenvalue weighted by atomic mass is 32.2. The van der Waals surface area contributed by atoms with E-state index in [-0.39, 0.29) is 5.54 Å². The Bertz CT molecular complexity index is 385. The molecule has 1 aliphatic rings. The molecule has 1 saturated heterocycles. The van der Waals surface area contributed by atoms with Crippen LogP contribution in [-0.4, -0.2) is 17.0 Å². The van der Waals surface area contributed by atoms with Crippen molar-refractivity contribution >= 4 is 17.4 Å². The van der Waals surface area contributed by atoms with Crippen LogP contribution < -0.4 is 5.32 Å². The number of benzene rings is 1. The van der Waals surface area contributed by atoms with E-state index in [1.807, 2.05) is 23.9 Å². The van der Waals surface area contributed by atoms with E-state index in [1.54, 1.807) is 0 Å². The standard InChI is InChI=1S/C13H16N2S/c1-11-3-5-12(6-4-11)15-13(9-14)7-2-8-16-10-13/h3-6,15H,2,7-8,10H2,1H3. The van der Waals surface area contributed by atoms with Crippen molar-refractivity contribution in [3.05, 3.63) is 29.8 Å². The molecule has 1 aromatic rings. The lowest BCUT2D eigenvalue weighted by atomic mass is 9.96. The summed E-state index contributed by atoms with van der Waals surface area (Å²) in [7, 11) is 0. The molecule has 1 atom stereocenters. The Morgan fingerprint density at radius 2 is 2.12 bits per heavy atom. The molecule has 2 nitrogen and oxygen atoms in total. The van der Waals surface area contributed by atoms with Crippen molar-refractivity contribution < 1.29 is 0 Å². The Labute approximate surface area is 101 Å². The van der Waals surface area contributed by atoms with Gasteiger partial charge >= 0.3 is 0 Å². The molecule has 0 bridgehead atoms. The van der Waals surface area contributed by atoms with Gasteiger partial charge < -0.3 is 5.32 Å². The average Bonchev–Trinajstić information content (AvgIpc) is 2.33. The van der Waals surface area contributed by atoms with E-state index in [0.717, 1.165) is 24.3 Å². The smallest absolute Gasteiger partial charge is 0.134 e. The minimum absolute atomic E-state index is 0.363. The summed E-state index contributed by atoms with van der Waals surface area (Å²) in [6, 6.07) is 10.7. The average molecular weight is 232 g/mol. The van der Waals surface area contributed by atoms with Crippen LogP contribution in [0.5, 0.6) is 0 Å². The van der Waals surface area contributed by atoms with Gasteiger partial charge in [0, 0.05) is 11.4 Å². The van der Waals surface area contributed by atoms with Gasteiger partial charge in [0.05, 0.1) is 6.07 Å². The summed E-state index contributed by atoms with van der Waals surface area (Å²) < 4.78 is 0. The van der Waals surface area contributed by atoms with Gasteiger partial charge in [-0.25, -0.2) is 0 Å². The zero-order valence-corrected chi connectivity index (χ0v) is 10.3. The van der Waals surface area contributed by atoms with E-state index in [2.05, 4.69) is 30.4 Å². The summed E-state index contributed by atoms with van der Waals surface area (Å²) in [5.41, 5.74) is 1.93. The molecule has 1 aromatic carbocycles. The van der Waals surface area contributed by atoms with Crippen molar-refractivity contribution in [2.75, 3.05) is 16.8 Å². The number of hydrogen-bond donors (Lipinski definition) is 1. The van der Waals surface area contributed by atoms with E-state index in [1.165, 1.54) is 11.3 Å². The number of hydrogen-bond acceptors (Lipinski definition) is 3. The number of nitriles is 1. The van der Waals surface area contributed by atoms with Crippen LogP contribution >= 0.6 is 11.8 Å². The lowest BCUT2D eigenvalue weighted by Crippen LogP contribution is -2.41. The first-order valence-electron chi connectivity index (χ1n) is 5.58. The maximum atomic E-state index is 9.33. The van der Waals surface area contributed by atoms with E-state index in [4.69, 9.17) is 0 Å². The van der Waals surface area contributed by atoms with Crippen LogP contribution in [0.15, 0.2) is 24.3 Å². The highest BCUT2D eigenvalue weighted by molar-refractivity contribution is 7.99. The Morgan fingerprint density at radius 3 is 2.69 bits per heavy atom. The number of thioether (sulfide) groups is 1. The van der Waals surface area contributed by atoms with Crippen LogP contribution in [0, 0.1) is 18.3 Å². The Balaban J connectivity index is 2.12. The Hall–Kier alpha value is -1.14. The second-order valence-electron chi connectivity index (χ2n) is 4.34. The van der Waals surface area contributed by atoms with E-state index in [0.29, 0.717) is 0 Å². The lowest BCUT2D eigenvalue weighted by molar-refractivity contribution is 0.576. The second-order valence-corrected chi connectivity index (χ2v) is 5.45. The highest BCUT2D eigenvalue weighted by Crippen LogP contribution is 2.29. The number of nitrogens with one attached hydrogen (secondary N) is 1. The van der Waals surface area contributed by atoms with Crippen molar-refractivity contribution in [3.63, 3.8) is 0 Å². The van der Waals surface area contributed by atoms with Crippen molar-refractivity contribution in [3.8, 4) is 6.07 Å². The summed E-state index contributed by atoms with van der Waals surface area (Å²) in [5.74, 6) is 2.07. The predicted octanol–water partition coefficient (Wildman–Crippen LogP) is 3.20. The minimum Gasteiger partial charge on any atom is -0.367 e. The van der Waals surface area contributed by atoms with Gasteiger partial charge in [0.2, 0.25) is 0 Å². The van der Waals surface area contributed by atoms with E-state index in [9.17, 15) is 5.26 Å². The number of aryl methyl sites for hydroxylation is 1. The van der Waals surface area contributed by atoms with Crippen molar-refractivity contribution in [2.45, 2.75) is 25.3 Å². The number of nitrogens with zero attached hydrogens (tertiary/aromatic N) is 1. The predicted molar refractivity (Wildman–Crippen MR) is 69.7 cm³/mol. The Kier molecular flexibility index (Phi) is 3.40. The molecule has 0 aliphatic carbocycles. The first-order chi connectivity index (χ1) is 7.74. The molecule has 16 heavy (non-hydrogen) atoms. The van der Waals surface area contributed by atoms with Gasteiger partial charge in [0.15, 0.2) is 0 Å². The molecule has 2 rings (SSSR count). The topological polar surface area (TPSA) is 35.8 Å². The fraction of sp³-hybridized carbons (Fsp3) is 0.462. The molecule has 0 aromatic heterocycles. The third kappa shape index (κ3) is 2.51. The molecule has 1 fully saturated rings. The minimum atomic E-state index is -0.363. The molecule has 0 spiro atoms. The van der Waals surface area contributed by atoms with Crippen LogP contribution in [0.25, 0.3) is 0 Å². The van der Waals surface area contributed by atoms with Crippen LogP contribution in [0.3, 0.4) is 0 Å². The van der Waals surface area contributed by atoms with Crippen molar-refractivity contribution in [1.29, 1.82) is 5.26 Å². The van der Waals surface area contributed by atoms with E-state index < -0.39 is 0 Å². The highest BCUT2D eigenvalue weighted by Gasteiger charge is 2.32. The van der Waals surface area contributed by atoms with Gasteiger partial charge in [-0.1, -0.05) is 17.7 Å². The maximum Gasteiger partial charge on any atom is 0.134 e. The molecule has 3 heteroatoms. The van der Waals surface area contributed by atoms with Gasteiger partial charge in [0.25, 0.3) is 0 Å². The van der Waals surface area contributed by atoms with Crippen molar-refractivity contribution in [1.82, 2.24) is 0 Å². The van der Waals surface area contributed by atoms with Gasteiger partial charge in [-0.2, -0.15) is 17.0 Å². The first kappa shape index (κ1) is 11.3. The molecular weight excluding hydrogens is 216 g/mol. The van der Waals surface area contributed by atoms with Gasteiger partial charge in [-0.05, 0) is 37.7 Å². The molecule has 84 valence electrons. The largest absolute Gasteiger partial charge is 0.367 e. The van der Waals surface area contributed by atoms with Gasteiger partial charge in [-0.15, -0.1) is 0 Å². The van der Waals surface area contributed by atoms with E-state index >= 15 is 0 Å². The molecule has 1 unspecified atom stereocenters. The molecule has 0 saturated carbocycles. The lowest BCUT2D eigenvalue weighted by Gasteiger charge is -2.32. The van der Waals surface area contributed by atoms with Crippen LogP contribution in [-0.2, 0) is 0 Å². The fourth-order valence-corrected chi connectivity index (χ4v) is 3.04. The maximum absolute atomic E-state index is 9.33. The van der Waals surface area contributed by atoms with Crippen molar-refractivity contribution in [2.24, 2.45) is 0 Å². The molecule has 1 heterocycles. The van der Waals surface area contributed by atoms with Crippen LogP contribution in [0.1, 0.15) is 18.4 Å². The summed E-state index contributed by atoms with van der Waals surface area (Å²) in [5, 5.41) is 12.7. The third-order valence-corrected chi connectivity index (χ3v) is 4.16. The summed E-state index contributed by atoms with van der Waals surface area (Å²) in [6.45, 7) is 2.07. The van der Waals surface area contributed by atoms with Gasteiger partial charge in [0.1, 0.15) is 5.54 Å². The van der Waals surface area contributed by atoms with Crippen LogP contribution in [0.4, 0.5) is 5.69 Å². The number of anilines is 1. The quantitative estimate of drug-likeness (QED) is 0.850.